The number of halogens is 2. The topological polar surface area (TPSA) is 22.0 Å². The van der Waals surface area contributed by atoms with Crippen molar-refractivity contribution in [2.45, 2.75) is 0 Å². The molecule has 2 nitrogen and oxygen atoms in total. The summed E-state index contributed by atoms with van der Waals surface area (Å²) in [5.41, 5.74) is 2.27. The van der Waals surface area contributed by atoms with Crippen LogP contribution < -0.4 is 5.56 Å². The van der Waals surface area contributed by atoms with Gasteiger partial charge in [0.1, 0.15) is 5.15 Å². The smallest absolute Gasteiger partial charge is 0.256 e. The van der Waals surface area contributed by atoms with Crippen LogP contribution in [0.15, 0.2) is 71.5 Å². The van der Waals surface area contributed by atoms with Crippen LogP contribution in [0.25, 0.3) is 16.8 Å². The molecule has 104 valence electrons. The molecule has 1 aromatic heterocycles. The van der Waals surface area contributed by atoms with E-state index in [4.69, 9.17) is 23.2 Å². The number of hydrogen-bond donors (Lipinski definition) is 0. The van der Waals surface area contributed by atoms with Gasteiger partial charge in [-0.2, -0.15) is 0 Å². The van der Waals surface area contributed by atoms with Crippen molar-refractivity contribution in [2.24, 2.45) is 0 Å². The van der Waals surface area contributed by atoms with Gasteiger partial charge < -0.3 is 0 Å². The quantitative estimate of drug-likeness (QED) is 0.622. The minimum absolute atomic E-state index is 0.177. The lowest BCUT2D eigenvalue weighted by molar-refractivity contribution is 0.993. The van der Waals surface area contributed by atoms with Crippen LogP contribution in [0.1, 0.15) is 0 Å². The zero-order chi connectivity index (χ0) is 14.8. The molecule has 0 aliphatic heterocycles. The van der Waals surface area contributed by atoms with E-state index in [1.807, 2.05) is 30.3 Å². The van der Waals surface area contributed by atoms with Gasteiger partial charge in [0.15, 0.2) is 0 Å². The maximum absolute atomic E-state index is 12.4. The van der Waals surface area contributed by atoms with Gasteiger partial charge in [0.2, 0.25) is 0 Å². The maximum Gasteiger partial charge on any atom is 0.256 e. The van der Waals surface area contributed by atoms with Crippen LogP contribution in [-0.4, -0.2) is 4.57 Å². The van der Waals surface area contributed by atoms with E-state index in [9.17, 15) is 4.79 Å². The van der Waals surface area contributed by atoms with E-state index in [-0.39, 0.29) is 5.56 Å². The van der Waals surface area contributed by atoms with Crippen LogP contribution >= 0.6 is 23.2 Å². The summed E-state index contributed by atoms with van der Waals surface area (Å²) in [4.78, 5) is 12.4. The second-order valence-corrected chi connectivity index (χ2v) is 5.41. The zero-order valence-electron chi connectivity index (χ0n) is 11.0. The first-order valence-electron chi connectivity index (χ1n) is 6.39. The lowest BCUT2D eigenvalue weighted by Gasteiger charge is -2.10. The molecule has 0 bridgehead atoms. The molecule has 0 amide bonds. The summed E-state index contributed by atoms with van der Waals surface area (Å²) in [7, 11) is 0. The van der Waals surface area contributed by atoms with Gasteiger partial charge in [-0.15, -0.1) is 0 Å². The van der Waals surface area contributed by atoms with Crippen LogP contribution in [-0.2, 0) is 0 Å². The molecule has 0 radical (unpaired) electrons. The second-order valence-electron chi connectivity index (χ2n) is 4.58. The lowest BCUT2D eigenvalue weighted by atomic mass is 10.1. The number of rotatable bonds is 2. The Morgan fingerprint density at radius 1 is 0.762 bits per heavy atom. The molecule has 3 aromatic rings. The summed E-state index contributed by atoms with van der Waals surface area (Å²) in [6, 6.07) is 20.0. The summed E-state index contributed by atoms with van der Waals surface area (Å²) < 4.78 is 1.45. The molecule has 0 fully saturated rings. The molecular weight excluding hydrogens is 305 g/mol. The summed E-state index contributed by atoms with van der Waals surface area (Å²) in [5.74, 6) is 0. The van der Waals surface area contributed by atoms with Crippen LogP contribution in [0.2, 0.25) is 10.2 Å². The SMILES string of the molecule is O=c1cc(-c2ccccc2)cc(Cl)n1-c1ccc(Cl)cc1. The highest BCUT2D eigenvalue weighted by Gasteiger charge is 2.08. The van der Waals surface area contributed by atoms with Crippen molar-refractivity contribution in [3.8, 4) is 16.8 Å². The van der Waals surface area contributed by atoms with Gasteiger partial charge in [0, 0.05) is 11.1 Å². The summed E-state index contributed by atoms with van der Waals surface area (Å²) >= 11 is 12.2. The Kier molecular flexibility index (Phi) is 3.82. The molecule has 0 saturated heterocycles. The number of pyridine rings is 1. The Balaban J connectivity index is 2.13. The van der Waals surface area contributed by atoms with Crippen LogP contribution in [0, 0.1) is 0 Å². The largest absolute Gasteiger partial charge is 0.269 e. The van der Waals surface area contributed by atoms with Gasteiger partial charge in [0.25, 0.3) is 5.56 Å². The van der Waals surface area contributed by atoms with Crippen molar-refractivity contribution in [1.82, 2.24) is 4.57 Å². The molecule has 0 spiro atoms. The van der Waals surface area contributed by atoms with Crippen molar-refractivity contribution in [2.75, 3.05) is 0 Å². The molecule has 21 heavy (non-hydrogen) atoms. The predicted molar refractivity (Wildman–Crippen MR) is 87.5 cm³/mol. The van der Waals surface area contributed by atoms with Gasteiger partial charge in [-0.25, -0.2) is 0 Å². The molecule has 0 aliphatic carbocycles. The van der Waals surface area contributed by atoms with Crippen molar-refractivity contribution >= 4 is 23.2 Å². The molecule has 3 rings (SSSR count). The molecule has 0 atom stereocenters. The summed E-state index contributed by atoms with van der Waals surface area (Å²) in [6.07, 6.45) is 0. The average Bonchev–Trinajstić information content (AvgIpc) is 2.49. The Bertz CT molecular complexity index is 824. The van der Waals surface area contributed by atoms with Crippen molar-refractivity contribution in [1.29, 1.82) is 0 Å². The first kappa shape index (κ1) is 13.9. The minimum atomic E-state index is -0.177. The molecular formula is C17H11Cl2NO. The molecule has 0 aliphatic rings. The molecule has 0 N–H and O–H groups in total. The van der Waals surface area contributed by atoms with E-state index in [0.29, 0.717) is 15.9 Å². The number of nitrogens with zero attached hydrogens (tertiary/aromatic N) is 1. The predicted octanol–water partition coefficient (Wildman–Crippen LogP) is 4.81. The van der Waals surface area contributed by atoms with Crippen molar-refractivity contribution in [3.63, 3.8) is 0 Å². The third-order valence-electron chi connectivity index (χ3n) is 3.18. The normalized spacial score (nSPS) is 10.6. The first-order chi connectivity index (χ1) is 10.1. The molecule has 0 unspecified atom stereocenters. The van der Waals surface area contributed by atoms with Gasteiger partial charge in [-0.3, -0.25) is 9.36 Å². The monoisotopic (exact) mass is 315 g/mol. The van der Waals surface area contributed by atoms with E-state index < -0.39 is 0 Å². The fourth-order valence-electron chi connectivity index (χ4n) is 2.18. The Morgan fingerprint density at radius 3 is 2.05 bits per heavy atom. The molecule has 4 heteroatoms. The average molecular weight is 316 g/mol. The maximum atomic E-state index is 12.4. The number of benzene rings is 2. The Morgan fingerprint density at radius 2 is 1.43 bits per heavy atom. The van der Waals surface area contributed by atoms with E-state index in [2.05, 4.69) is 0 Å². The van der Waals surface area contributed by atoms with Gasteiger partial charge in [0.05, 0.1) is 5.69 Å². The standard InChI is InChI=1S/C17H11Cl2NO/c18-14-6-8-15(9-7-14)20-16(19)10-13(11-17(20)21)12-4-2-1-3-5-12/h1-11H. The highest BCUT2D eigenvalue weighted by Crippen LogP contribution is 2.23. The lowest BCUT2D eigenvalue weighted by Crippen LogP contribution is -2.18. The highest BCUT2D eigenvalue weighted by atomic mass is 35.5. The fraction of sp³-hybridized carbons (Fsp3) is 0. The fourth-order valence-corrected chi connectivity index (χ4v) is 2.60. The van der Waals surface area contributed by atoms with Crippen LogP contribution in [0.4, 0.5) is 0 Å². The Labute approximate surface area is 132 Å². The van der Waals surface area contributed by atoms with Gasteiger partial charge >= 0.3 is 0 Å². The number of aromatic nitrogens is 1. The molecule has 2 aromatic carbocycles. The first-order valence-corrected chi connectivity index (χ1v) is 7.15. The summed E-state index contributed by atoms with van der Waals surface area (Å²) in [5, 5.41) is 0.979. The molecule has 1 heterocycles. The van der Waals surface area contributed by atoms with E-state index in [1.54, 1.807) is 36.4 Å². The van der Waals surface area contributed by atoms with Gasteiger partial charge in [-0.1, -0.05) is 53.5 Å². The zero-order valence-corrected chi connectivity index (χ0v) is 12.5. The van der Waals surface area contributed by atoms with Crippen molar-refractivity contribution < 1.29 is 0 Å². The highest BCUT2D eigenvalue weighted by molar-refractivity contribution is 6.31. The number of hydrogen-bond acceptors (Lipinski definition) is 1. The molecule has 0 saturated carbocycles. The van der Waals surface area contributed by atoms with Crippen LogP contribution in [0.5, 0.6) is 0 Å². The van der Waals surface area contributed by atoms with Crippen molar-refractivity contribution in [3.05, 3.63) is 87.3 Å². The van der Waals surface area contributed by atoms with E-state index in [0.717, 1.165) is 11.1 Å². The Hall–Kier alpha value is -2.03. The second kappa shape index (κ2) is 5.76. The van der Waals surface area contributed by atoms with Crippen LogP contribution in [0.3, 0.4) is 0 Å². The third-order valence-corrected chi connectivity index (χ3v) is 3.71. The third kappa shape index (κ3) is 2.87. The van der Waals surface area contributed by atoms with Gasteiger partial charge in [-0.05, 0) is 41.5 Å². The van der Waals surface area contributed by atoms with E-state index in [1.165, 1.54) is 4.57 Å². The minimum Gasteiger partial charge on any atom is -0.269 e. The van der Waals surface area contributed by atoms with E-state index >= 15 is 0 Å². The summed E-state index contributed by atoms with van der Waals surface area (Å²) in [6.45, 7) is 0.